The van der Waals surface area contributed by atoms with Crippen molar-refractivity contribution in [3.63, 3.8) is 0 Å². The molecule has 0 spiro atoms. The minimum Gasteiger partial charge on any atom is -0.494 e. The largest absolute Gasteiger partial charge is 0.494 e. The fourth-order valence-corrected chi connectivity index (χ4v) is 1.11. The normalized spacial score (nSPS) is 10.6. The number of allylic oxidation sites excluding steroid dienone is 1. The van der Waals surface area contributed by atoms with Gasteiger partial charge in [-0.15, -0.1) is 11.6 Å². The molecule has 4 heteroatoms. The maximum Gasteiger partial charge on any atom is 0.170 e. The Kier molecular flexibility index (Phi) is 4.31. The molecule has 0 radical (unpaired) electrons. The molecule has 0 aliphatic carbocycles. The minimum absolute atomic E-state index is 0.0743. The van der Waals surface area contributed by atoms with Gasteiger partial charge in [0.25, 0.3) is 0 Å². The average molecular weight is 229 g/mol. The second kappa shape index (κ2) is 5.51. The summed E-state index contributed by atoms with van der Waals surface area (Å²) in [6, 6.07) is 4.44. The fraction of sp³-hybridized carbons (Fsp3) is 0.182. The van der Waals surface area contributed by atoms with Crippen molar-refractivity contribution in [2.75, 3.05) is 13.0 Å². The van der Waals surface area contributed by atoms with E-state index in [1.807, 2.05) is 0 Å². The Morgan fingerprint density at radius 1 is 1.60 bits per heavy atom. The van der Waals surface area contributed by atoms with Gasteiger partial charge in [0.15, 0.2) is 17.3 Å². The molecule has 0 aliphatic rings. The van der Waals surface area contributed by atoms with Crippen molar-refractivity contribution in [1.29, 1.82) is 0 Å². The van der Waals surface area contributed by atoms with Gasteiger partial charge in [-0.2, -0.15) is 0 Å². The first-order valence-corrected chi connectivity index (χ1v) is 4.81. The predicted molar refractivity (Wildman–Crippen MR) is 57.7 cm³/mol. The molecule has 0 aromatic heterocycles. The molecule has 1 rings (SSSR count). The molecule has 1 aromatic rings. The second-order valence-electron chi connectivity index (χ2n) is 2.83. The number of hydrogen-bond donors (Lipinski definition) is 0. The van der Waals surface area contributed by atoms with Gasteiger partial charge < -0.3 is 4.74 Å². The monoisotopic (exact) mass is 228 g/mol. The van der Waals surface area contributed by atoms with Crippen molar-refractivity contribution in [3.8, 4) is 5.75 Å². The molecule has 0 atom stereocenters. The molecule has 0 aliphatic heterocycles. The van der Waals surface area contributed by atoms with Gasteiger partial charge in [-0.1, -0.05) is 12.1 Å². The summed E-state index contributed by atoms with van der Waals surface area (Å²) in [5.74, 6) is -0.573. The van der Waals surface area contributed by atoms with E-state index in [9.17, 15) is 9.18 Å². The Labute approximate surface area is 92.3 Å². The first-order chi connectivity index (χ1) is 7.17. The van der Waals surface area contributed by atoms with Crippen molar-refractivity contribution >= 4 is 23.5 Å². The molecule has 1 aromatic carbocycles. The zero-order valence-corrected chi connectivity index (χ0v) is 8.92. The highest BCUT2D eigenvalue weighted by Gasteiger charge is 2.01. The first kappa shape index (κ1) is 11.7. The van der Waals surface area contributed by atoms with Crippen LogP contribution in [0.4, 0.5) is 4.39 Å². The maximum atomic E-state index is 13.2. The van der Waals surface area contributed by atoms with Crippen LogP contribution < -0.4 is 4.74 Å². The van der Waals surface area contributed by atoms with Gasteiger partial charge in [-0.05, 0) is 23.8 Å². The van der Waals surface area contributed by atoms with Gasteiger partial charge in [0.1, 0.15) is 0 Å². The number of carbonyl (C=O) groups excluding carboxylic acids is 1. The van der Waals surface area contributed by atoms with E-state index >= 15 is 0 Å². The average Bonchev–Trinajstić information content (AvgIpc) is 2.26. The number of hydrogen-bond acceptors (Lipinski definition) is 2. The Hall–Kier alpha value is -1.35. The molecular formula is C11H10ClFO2. The van der Waals surface area contributed by atoms with Crippen LogP contribution in [0.3, 0.4) is 0 Å². The highest BCUT2D eigenvalue weighted by atomic mass is 35.5. The summed E-state index contributed by atoms with van der Waals surface area (Å²) in [4.78, 5) is 10.9. The zero-order chi connectivity index (χ0) is 11.3. The minimum atomic E-state index is -0.460. The van der Waals surface area contributed by atoms with Crippen molar-refractivity contribution in [2.45, 2.75) is 0 Å². The molecule has 0 bridgehead atoms. The molecule has 0 fully saturated rings. The van der Waals surface area contributed by atoms with Gasteiger partial charge in [0, 0.05) is 0 Å². The van der Waals surface area contributed by atoms with Crippen LogP contribution in [0, 0.1) is 5.82 Å². The standard InChI is InChI=1S/C11H10ClFO2/c1-15-11-5-3-8(6-10(11)13)2-4-9(14)7-12/h2-6H,7H2,1H3. The van der Waals surface area contributed by atoms with E-state index in [0.717, 1.165) is 0 Å². The van der Waals surface area contributed by atoms with Gasteiger partial charge in [0.2, 0.25) is 0 Å². The number of methoxy groups -OCH3 is 1. The van der Waals surface area contributed by atoms with Crippen molar-refractivity contribution < 1.29 is 13.9 Å². The van der Waals surface area contributed by atoms with Crippen LogP contribution in [0.1, 0.15) is 5.56 Å². The summed E-state index contributed by atoms with van der Waals surface area (Å²) < 4.78 is 17.9. The van der Waals surface area contributed by atoms with E-state index in [2.05, 4.69) is 0 Å². The maximum absolute atomic E-state index is 13.2. The topological polar surface area (TPSA) is 26.3 Å². The summed E-state index contributed by atoms with van der Waals surface area (Å²) in [6.45, 7) is 0. The number of rotatable bonds is 4. The van der Waals surface area contributed by atoms with Crippen LogP contribution in [0.2, 0.25) is 0 Å². The first-order valence-electron chi connectivity index (χ1n) is 4.28. The van der Waals surface area contributed by atoms with Crippen LogP contribution in [-0.2, 0) is 4.79 Å². The number of alkyl halides is 1. The molecule has 0 unspecified atom stereocenters. The third-order valence-electron chi connectivity index (χ3n) is 1.77. The van der Waals surface area contributed by atoms with Crippen molar-refractivity contribution in [3.05, 3.63) is 35.7 Å². The van der Waals surface area contributed by atoms with Crippen LogP contribution in [0.5, 0.6) is 5.75 Å². The van der Waals surface area contributed by atoms with Crippen LogP contribution >= 0.6 is 11.6 Å². The number of benzene rings is 1. The third-order valence-corrected chi connectivity index (χ3v) is 2.03. The number of ketones is 1. The molecular weight excluding hydrogens is 219 g/mol. The zero-order valence-electron chi connectivity index (χ0n) is 8.17. The predicted octanol–water partition coefficient (Wildman–Crippen LogP) is 2.66. The van der Waals surface area contributed by atoms with Gasteiger partial charge in [-0.25, -0.2) is 4.39 Å². The molecule has 0 N–H and O–H groups in total. The summed E-state index contributed by atoms with van der Waals surface area (Å²) in [6.07, 6.45) is 2.82. The lowest BCUT2D eigenvalue weighted by molar-refractivity contribution is -0.112. The van der Waals surface area contributed by atoms with E-state index in [1.54, 1.807) is 6.07 Å². The number of ether oxygens (including phenoxy) is 1. The summed E-state index contributed by atoms with van der Waals surface area (Å²) >= 11 is 5.30. The van der Waals surface area contributed by atoms with Gasteiger partial charge in [0.05, 0.1) is 13.0 Å². The number of halogens is 2. The van der Waals surface area contributed by atoms with Crippen molar-refractivity contribution in [1.82, 2.24) is 0 Å². The molecule has 2 nitrogen and oxygen atoms in total. The third kappa shape index (κ3) is 3.36. The highest BCUT2D eigenvalue weighted by molar-refractivity contribution is 6.29. The molecule has 0 heterocycles. The lowest BCUT2D eigenvalue weighted by Gasteiger charge is -2.01. The van der Waals surface area contributed by atoms with E-state index < -0.39 is 5.82 Å². The second-order valence-corrected chi connectivity index (χ2v) is 3.09. The van der Waals surface area contributed by atoms with Gasteiger partial charge >= 0.3 is 0 Å². The molecule has 80 valence electrons. The van der Waals surface area contributed by atoms with Crippen LogP contribution in [-0.4, -0.2) is 18.8 Å². The van der Waals surface area contributed by atoms with Crippen molar-refractivity contribution in [2.24, 2.45) is 0 Å². The molecule has 0 saturated heterocycles. The van der Waals surface area contributed by atoms with Gasteiger partial charge in [-0.3, -0.25) is 4.79 Å². The van der Waals surface area contributed by atoms with E-state index in [4.69, 9.17) is 16.3 Å². The Bertz CT molecular complexity index is 388. The van der Waals surface area contributed by atoms with Crippen LogP contribution in [0.15, 0.2) is 24.3 Å². The van der Waals surface area contributed by atoms with E-state index in [-0.39, 0.29) is 17.4 Å². The lowest BCUT2D eigenvalue weighted by atomic mass is 10.2. The molecule has 15 heavy (non-hydrogen) atoms. The lowest BCUT2D eigenvalue weighted by Crippen LogP contribution is -1.92. The van der Waals surface area contributed by atoms with Crippen LogP contribution in [0.25, 0.3) is 6.08 Å². The SMILES string of the molecule is COc1ccc(C=CC(=O)CCl)cc1F. The quantitative estimate of drug-likeness (QED) is 0.585. The Morgan fingerprint density at radius 3 is 2.87 bits per heavy atom. The Balaban J connectivity index is 2.84. The summed E-state index contributed by atoms with van der Waals surface area (Å²) in [7, 11) is 1.39. The highest BCUT2D eigenvalue weighted by Crippen LogP contribution is 2.18. The Morgan fingerprint density at radius 2 is 2.33 bits per heavy atom. The summed E-state index contributed by atoms with van der Waals surface area (Å²) in [5.41, 5.74) is 0.590. The number of carbonyl (C=O) groups is 1. The summed E-state index contributed by atoms with van der Waals surface area (Å²) in [5, 5.41) is 0. The fourth-order valence-electron chi connectivity index (χ4n) is 1.02. The van der Waals surface area contributed by atoms with E-state index in [1.165, 1.54) is 31.4 Å². The molecule has 0 amide bonds. The molecule has 0 saturated carbocycles. The smallest absolute Gasteiger partial charge is 0.170 e. The van der Waals surface area contributed by atoms with E-state index in [0.29, 0.717) is 5.56 Å².